The maximum absolute atomic E-state index is 11.1. The summed E-state index contributed by atoms with van der Waals surface area (Å²) in [6.45, 7) is 2.02. The van der Waals surface area contributed by atoms with Crippen LogP contribution in [0.1, 0.15) is 18.9 Å². The van der Waals surface area contributed by atoms with E-state index < -0.39 is 5.75 Å². The predicted molar refractivity (Wildman–Crippen MR) is 56.4 cm³/mol. The molecule has 16 heavy (non-hydrogen) atoms. The average molecular weight is 226 g/mol. The van der Waals surface area contributed by atoms with E-state index in [-0.39, 0.29) is 30.3 Å². The molecule has 0 atom stereocenters. The van der Waals surface area contributed by atoms with Crippen molar-refractivity contribution in [2.45, 2.75) is 19.8 Å². The molecule has 0 saturated carbocycles. The van der Waals surface area contributed by atoms with Crippen molar-refractivity contribution in [2.75, 3.05) is 6.61 Å². The molecule has 0 aliphatic carbocycles. The fourth-order valence-corrected chi connectivity index (χ4v) is 1.28. The second kappa shape index (κ2) is 5.25. The first-order chi connectivity index (χ1) is 7.54. The normalized spacial score (nSPS) is 10.1. The van der Waals surface area contributed by atoms with Crippen LogP contribution in [0.25, 0.3) is 0 Å². The molecule has 0 unspecified atom stereocenters. The highest BCUT2D eigenvalue weighted by atomic mass is 16.5. The minimum Gasteiger partial charge on any atom is -0.508 e. The molecule has 0 bridgehead atoms. The lowest BCUT2D eigenvalue weighted by atomic mass is 10.1. The minimum atomic E-state index is -0.391. The summed E-state index contributed by atoms with van der Waals surface area (Å²) in [6, 6.07) is 2.26. The lowest BCUT2D eigenvalue weighted by Gasteiger charge is -2.06. The quantitative estimate of drug-likeness (QED) is 0.409. The molecule has 1 aromatic carbocycles. The van der Waals surface area contributed by atoms with Gasteiger partial charge in [0, 0.05) is 12.5 Å². The summed E-state index contributed by atoms with van der Waals surface area (Å²) in [6.07, 6.45) is 0.365. The number of carbonyl (C=O) groups excluding carboxylic acids is 1. The van der Waals surface area contributed by atoms with Gasteiger partial charge in [0.2, 0.25) is 0 Å². The predicted octanol–water partition coefficient (Wildman–Crippen LogP) is 1.30. The molecule has 0 aliphatic heterocycles. The number of carbonyl (C=O) groups is 1. The summed E-state index contributed by atoms with van der Waals surface area (Å²) in [4.78, 5) is 11.1. The van der Waals surface area contributed by atoms with Crippen LogP contribution in [0.15, 0.2) is 12.1 Å². The summed E-state index contributed by atoms with van der Waals surface area (Å²) in [5.41, 5.74) is 0.392. The molecule has 0 saturated heterocycles. The first kappa shape index (κ1) is 12.2. The van der Waals surface area contributed by atoms with Crippen LogP contribution in [0.2, 0.25) is 0 Å². The van der Waals surface area contributed by atoms with Crippen LogP contribution >= 0.6 is 0 Å². The molecular weight excluding hydrogens is 212 g/mol. The number of hydrogen-bond acceptors (Lipinski definition) is 5. The lowest BCUT2D eigenvalue weighted by molar-refractivity contribution is -0.143. The zero-order valence-corrected chi connectivity index (χ0v) is 8.93. The molecule has 0 radical (unpaired) electrons. The number of ether oxygens (including phenoxy) is 1. The molecule has 0 aromatic heterocycles. The van der Waals surface area contributed by atoms with Gasteiger partial charge in [-0.05, 0) is 25.0 Å². The second-order valence-corrected chi connectivity index (χ2v) is 3.27. The lowest BCUT2D eigenvalue weighted by Crippen LogP contribution is -2.05. The van der Waals surface area contributed by atoms with Gasteiger partial charge in [-0.3, -0.25) is 4.79 Å². The number of benzene rings is 1. The van der Waals surface area contributed by atoms with Gasteiger partial charge in [-0.1, -0.05) is 0 Å². The number of aromatic hydroxyl groups is 3. The van der Waals surface area contributed by atoms with Gasteiger partial charge in [-0.25, -0.2) is 0 Å². The largest absolute Gasteiger partial charge is 0.508 e. The topological polar surface area (TPSA) is 87.0 Å². The standard InChI is InChI=1S/C11H14O5/c1-2-16-11(15)4-3-7-5-9(13)10(14)6-8(7)12/h5-6,12-14H,2-4H2,1H3. The van der Waals surface area contributed by atoms with Gasteiger partial charge >= 0.3 is 5.97 Å². The smallest absolute Gasteiger partial charge is 0.306 e. The SMILES string of the molecule is CCOC(=O)CCc1cc(O)c(O)cc1O. The van der Waals surface area contributed by atoms with E-state index in [1.54, 1.807) is 6.92 Å². The molecular formula is C11H14O5. The van der Waals surface area contributed by atoms with E-state index in [0.717, 1.165) is 6.07 Å². The van der Waals surface area contributed by atoms with Crippen molar-refractivity contribution in [1.29, 1.82) is 0 Å². The van der Waals surface area contributed by atoms with Gasteiger partial charge in [0.25, 0.3) is 0 Å². The van der Waals surface area contributed by atoms with Crippen LogP contribution < -0.4 is 0 Å². The molecule has 1 aromatic rings. The third kappa shape index (κ3) is 3.05. The molecule has 1 rings (SSSR count). The molecule has 88 valence electrons. The van der Waals surface area contributed by atoms with Gasteiger partial charge in [0.1, 0.15) is 5.75 Å². The van der Waals surface area contributed by atoms with E-state index in [4.69, 9.17) is 9.84 Å². The Morgan fingerprint density at radius 1 is 1.19 bits per heavy atom. The van der Waals surface area contributed by atoms with Crippen molar-refractivity contribution in [2.24, 2.45) is 0 Å². The first-order valence-corrected chi connectivity index (χ1v) is 4.94. The Bertz CT molecular complexity index is 386. The Morgan fingerprint density at radius 3 is 2.44 bits per heavy atom. The van der Waals surface area contributed by atoms with Crippen LogP contribution in [-0.2, 0) is 16.0 Å². The summed E-state index contributed by atoms with van der Waals surface area (Å²) in [7, 11) is 0. The molecule has 3 N–H and O–H groups in total. The number of rotatable bonds is 4. The highest BCUT2D eigenvalue weighted by Crippen LogP contribution is 2.32. The van der Waals surface area contributed by atoms with E-state index in [0.29, 0.717) is 12.2 Å². The average Bonchev–Trinajstić information content (AvgIpc) is 2.22. The highest BCUT2D eigenvalue weighted by Gasteiger charge is 2.10. The van der Waals surface area contributed by atoms with E-state index in [1.807, 2.05) is 0 Å². The summed E-state index contributed by atoms with van der Waals surface area (Å²) in [5.74, 6) is -1.23. The Morgan fingerprint density at radius 2 is 1.81 bits per heavy atom. The van der Waals surface area contributed by atoms with Crippen molar-refractivity contribution >= 4 is 5.97 Å². The summed E-state index contributed by atoms with van der Waals surface area (Å²) < 4.78 is 4.72. The molecule has 5 heteroatoms. The van der Waals surface area contributed by atoms with Crippen LogP contribution in [0.3, 0.4) is 0 Å². The van der Waals surface area contributed by atoms with E-state index in [2.05, 4.69) is 0 Å². The number of aryl methyl sites for hydroxylation is 1. The molecule has 5 nitrogen and oxygen atoms in total. The first-order valence-electron chi connectivity index (χ1n) is 4.94. The van der Waals surface area contributed by atoms with Crippen molar-refractivity contribution < 1.29 is 24.9 Å². The van der Waals surface area contributed by atoms with Crippen LogP contribution in [0, 0.1) is 0 Å². The van der Waals surface area contributed by atoms with Crippen LogP contribution in [0.5, 0.6) is 17.2 Å². The maximum Gasteiger partial charge on any atom is 0.306 e. The molecule has 0 amide bonds. The zero-order chi connectivity index (χ0) is 12.1. The van der Waals surface area contributed by atoms with Gasteiger partial charge in [-0.15, -0.1) is 0 Å². The molecule has 0 aliphatic rings. The number of esters is 1. The Labute approximate surface area is 92.9 Å². The monoisotopic (exact) mass is 226 g/mol. The maximum atomic E-state index is 11.1. The summed E-state index contributed by atoms with van der Waals surface area (Å²) >= 11 is 0. The van der Waals surface area contributed by atoms with Crippen molar-refractivity contribution in [3.63, 3.8) is 0 Å². The van der Waals surface area contributed by atoms with E-state index >= 15 is 0 Å². The fourth-order valence-electron chi connectivity index (χ4n) is 1.28. The van der Waals surface area contributed by atoms with Gasteiger partial charge in [0.15, 0.2) is 11.5 Å². The molecule has 0 heterocycles. The minimum absolute atomic E-state index is 0.117. The highest BCUT2D eigenvalue weighted by molar-refractivity contribution is 5.70. The third-order valence-electron chi connectivity index (χ3n) is 2.08. The van der Waals surface area contributed by atoms with Gasteiger partial charge < -0.3 is 20.1 Å². The number of hydrogen-bond donors (Lipinski definition) is 3. The zero-order valence-electron chi connectivity index (χ0n) is 8.93. The fraction of sp³-hybridized carbons (Fsp3) is 0.364. The van der Waals surface area contributed by atoms with Crippen molar-refractivity contribution in [3.8, 4) is 17.2 Å². The second-order valence-electron chi connectivity index (χ2n) is 3.27. The number of phenols is 3. The Kier molecular flexibility index (Phi) is 3.99. The summed E-state index contributed by atoms with van der Waals surface area (Å²) in [5, 5.41) is 27.7. The van der Waals surface area contributed by atoms with E-state index in [9.17, 15) is 15.0 Å². The van der Waals surface area contributed by atoms with Crippen LogP contribution in [-0.4, -0.2) is 27.9 Å². The Hall–Kier alpha value is -1.91. The van der Waals surface area contributed by atoms with Crippen LogP contribution in [0.4, 0.5) is 0 Å². The Balaban J connectivity index is 2.67. The molecule has 0 spiro atoms. The third-order valence-corrected chi connectivity index (χ3v) is 2.08. The van der Waals surface area contributed by atoms with E-state index in [1.165, 1.54) is 6.07 Å². The van der Waals surface area contributed by atoms with Crippen molar-refractivity contribution in [3.05, 3.63) is 17.7 Å². The van der Waals surface area contributed by atoms with Crippen molar-refractivity contribution in [1.82, 2.24) is 0 Å². The van der Waals surface area contributed by atoms with Gasteiger partial charge in [0.05, 0.1) is 6.61 Å². The van der Waals surface area contributed by atoms with Gasteiger partial charge in [-0.2, -0.15) is 0 Å². The molecule has 0 fully saturated rings. The number of phenolic OH excluding ortho intramolecular Hbond substituents is 3.